The Balaban J connectivity index is 0.00000144. The summed E-state index contributed by atoms with van der Waals surface area (Å²) < 4.78 is 0. The summed E-state index contributed by atoms with van der Waals surface area (Å²) in [7, 11) is 0. The fraction of sp³-hybridized carbons (Fsp3) is 0.444. The summed E-state index contributed by atoms with van der Waals surface area (Å²) in [6.07, 6.45) is 3.13. The zero-order chi connectivity index (χ0) is 15.7. The number of aromatic nitrogens is 1. The molecular formula is C18H25Cl2N3O. The van der Waals surface area contributed by atoms with Crippen LogP contribution in [0.4, 0.5) is 0 Å². The molecule has 1 fully saturated rings. The monoisotopic (exact) mass is 369 g/mol. The number of amides is 1. The lowest BCUT2D eigenvalue weighted by Crippen LogP contribution is -2.29. The summed E-state index contributed by atoms with van der Waals surface area (Å²) >= 11 is 0. The minimum absolute atomic E-state index is 0. The number of fused-ring (bicyclic) bond motifs is 1. The van der Waals surface area contributed by atoms with Gasteiger partial charge in [0.1, 0.15) is 0 Å². The normalized spacial score (nSPS) is 14.5. The first-order valence-corrected chi connectivity index (χ1v) is 7.99. The van der Waals surface area contributed by atoms with Crippen molar-refractivity contribution in [2.24, 2.45) is 5.73 Å². The molecule has 1 atom stereocenters. The molecule has 1 amide bonds. The minimum Gasteiger partial charge on any atom is -0.352 e. The molecule has 0 radical (unpaired) electrons. The van der Waals surface area contributed by atoms with Crippen LogP contribution in [0.5, 0.6) is 0 Å². The van der Waals surface area contributed by atoms with E-state index in [0.29, 0.717) is 12.5 Å². The first-order valence-electron chi connectivity index (χ1n) is 7.99. The van der Waals surface area contributed by atoms with Gasteiger partial charge in [0.25, 0.3) is 5.91 Å². The molecule has 1 unspecified atom stereocenters. The van der Waals surface area contributed by atoms with E-state index in [1.54, 1.807) is 0 Å². The fourth-order valence-electron chi connectivity index (χ4n) is 2.64. The maximum Gasteiger partial charge on any atom is 0.252 e. The second kappa shape index (κ2) is 8.65. The number of pyridine rings is 1. The third-order valence-electron chi connectivity index (χ3n) is 4.11. The number of nitrogens with zero attached hydrogens (tertiary/aromatic N) is 1. The highest BCUT2D eigenvalue weighted by Crippen LogP contribution is 2.40. The van der Waals surface area contributed by atoms with Gasteiger partial charge in [-0.05, 0) is 51.3 Å². The van der Waals surface area contributed by atoms with Crippen molar-refractivity contribution in [1.82, 2.24) is 10.3 Å². The number of carbonyl (C=O) groups is 1. The van der Waals surface area contributed by atoms with Gasteiger partial charge < -0.3 is 11.1 Å². The smallest absolute Gasteiger partial charge is 0.252 e. The number of nitrogens with two attached hydrogens (primary N) is 1. The molecule has 1 aliphatic rings. The second-order valence-corrected chi connectivity index (χ2v) is 6.41. The quantitative estimate of drug-likeness (QED) is 0.843. The number of hydrogen-bond donors (Lipinski definition) is 2. The Labute approximate surface area is 155 Å². The summed E-state index contributed by atoms with van der Waals surface area (Å²) in [4.78, 5) is 17.3. The summed E-state index contributed by atoms with van der Waals surface area (Å²) in [6, 6.07) is 8.16. The van der Waals surface area contributed by atoms with Crippen LogP contribution in [0.25, 0.3) is 10.9 Å². The molecule has 3 N–H and O–H groups in total. The summed E-state index contributed by atoms with van der Waals surface area (Å²) in [5, 5.41) is 3.91. The molecular weight excluding hydrogens is 345 g/mol. The topological polar surface area (TPSA) is 68.0 Å². The first kappa shape index (κ1) is 20.7. The molecule has 1 aromatic carbocycles. The molecule has 3 rings (SSSR count). The van der Waals surface area contributed by atoms with Gasteiger partial charge in [-0.1, -0.05) is 11.6 Å². The van der Waals surface area contributed by atoms with Crippen LogP contribution in [0.3, 0.4) is 0 Å². The Bertz CT molecular complexity index is 715. The number of hydrogen-bond acceptors (Lipinski definition) is 3. The summed E-state index contributed by atoms with van der Waals surface area (Å²) in [5.41, 5.74) is 9.57. The van der Waals surface area contributed by atoms with Crippen molar-refractivity contribution >= 4 is 41.6 Å². The van der Waals surface area contributed by atoms with Gasteiger partial charge in [0.15, 0.2) is 0 Å². The Kier molecular flexibility index (Phi) is 7.46. The van der Waals surface area contributed by atoms with Crippen LogP contribution in [0.15, 0.2) is 24.3 Å². The lowest BCUT2D eigenvalue weighted by atomic mass is 10.0. The number of benzene rings is 1. The van der Waals surface area contributed by atoms with E-state index in [1.807, 2.05) is 38.1 Å². The maximum absolute atomic E-state index is 12.6. The van der Waals surface area contributed by atoms with E-state index in [9.17, 15) is 4.79 Å². The Hall–Kier alpha value is -1.36. The molecule has 0 bridgehead atoms. The summed E-state index contributed by atoms with van der Waals surface area (Å²) in [6.45, 7) is 4.58. The largest absolute Gasteiger partial charge is 0.352 e. The number of rotatable bonds is 5. The highest BCUT2D eigenvalue weighted by atomic mass is 35.5. The van der Waals surface area contributed by atoms with Gasteiger partial charge in [-0.2, -0.15) is 0 Å². The van der Waals surface area contributed by atoms with E-state index < -0.39 is 0 Å². The average molecular weight is 370 g/mol. The highest BCUT2D eigenvalue weighted by molar-refractivity contribution is 6.06. The van der Waals surface area contributed by atoms with Crippen LogP contribution in [-0.4, -0.2) is 23.5 Å². The minimum atomic E-state index is -0.0273. The lowest BCUT2D eigenvalue weighted by molar-refractivity contribution is 0.0954. The molecule has 2 aromatic rings. The van der Waals surface area contributed by atoms with E-state index in [1.165, 1.54) is 12.8 Å². The van der Waals surface area contributed by atoms with Crippen molar-refractivity contribution in [1.29, 1.82) is 0 Å². The van der Waals surface area contributed by atoms with Gasteiger partial charge >= 0.3 is 0 Å². The van der Waals surface area contributed by atoms with Crippen LogP contribution in [0, 0.1) is 6.92 Å². The van der Waals surface area contributed by atoms with Gasteiger partial charge in [-0.3, -0.25) is 9.78 Å². The van der Waals surface area contributed by atoms with Crippen molar-refractivity contribution < 1.29 is 4.79 Å². The van der Waals surface area contributed by atoms with E-state index in [2.05, 4.69) is 5.32 Å². The third kappa shape index (κ3) is 4.82. The predicted octanol–water partition coefficient (Wildman–Crippen LogP) is 3.73. The Morgan fingerprint density at radius 1 is 1.33 bits per heavy atom. The van der Waals surface area contributed by atoms with Gasteiger partial charge in [-0.25, -0.2) is 0 Å². The first-order chi connectivity index (χ1) is 10.5. The number of aryl methyl sites for hydroxylation is 1. The Morgan fingerprint density at radius 2 is 2.04 bits per heavy atom. The average Bonchev–Trinajstić information content (AvgIpc) is 3.30. The molecule has 1 heterocycles. The number of nitrogens with one attached hydrogen (secondary N) is 1. The predicted molar refractivity (Wildman–Crippen MR) is 104 cm³/mol. The van der Waals surface area contributed by atoms with Crippen molar-refractivity contribution in [2.75, 3.05) is 6.54 Å². The van der Waals surface area contributed by atoms with Crippen molar-refractivity contribution in [2.45, 2.75) is 45.1 Å². The number of halogens is 2. The third-order valence-corrected chi connectivity index (χ3v) is 4.11. The standard InChI is InChI=1S/C18H23N3O.2ClH/c1-11-3-6-16-14(9-11)15(10-17(21-16)13-4-5-13)18(22)20-8-7-12(2)19;;/h3,6,9-10,12-13H,4-5,7-8,19H2,1-2H3,(H,20,22);2*1H. The molecule has 24 heavy (non-hydrogen) atoms. The number of carbonyl (C=O) groups excluding carboxylic acids is 1. The molecule has 1 saturated carbocycles. The van der Waals surface area contributed by atoms with E-state index in [-0.39, 0.29) is 36.8 Å². The SMILES string of the molecule is Cc1ccc2nc(C3CC3)cc(C(=O)NCCC(C)N)c2c1.Cl.Cl. The molecule has 132 valence electrons. The zero-order valence-electron chi connectivity index (χ0n) is 14.0. The molecule has 1 aliphatic carbocycles. The molecule has 0 saturated heterocycles. The summed E-state index contributed by atoms with van der Waals surface area (Å²) in [5.74, 6) is 0.502. The second-order valence-electron chi connectivity index (χ2n) is 6.41. The molecule has 0 spiro atoms. The van der Waals surface area contributed by atoms with Crippen LogP contribution >= 0.6 is 24.8 Å². The highest BCUT2D eigenvalue weighted by Gasteiger charge is 2.26. The van der Waals surface area contributed by atoms with Crippen LogP contribution in [-0.2, 0) is 0 Å². The van der Waals surface area contributed by atoms with Crippen molar-refractivity contribution in [3.8, 4) is 0 Å². The van der Waals surface area contributed by atoms with Crippen LogP contribution in [0.2, 0.25) is 0 Å². The molecule has 0 aliphatic heterocycles. The van der Waals surface area contributed by atoms with Gasteiger partial charge in [0.2, 0.25) is 0 Å². The van der Waals surface area contributed by atoms with Crippen LogP contribution in [0.1, 0.15) is 53.7 Å². The zero-order valence-corrected chi connectivity index (χ0v) is 15.7. The lowest BCUT2D eigenvalue weighted by Gasteiger charge is -2.11. The van der Waals surface area contributed by atoms with Crippen molar-refractivity contribution in [3.05, 3.63) is 41.1 Å². The molecule has 6 heteroatoms. The molecule has 4 nitrogen and oxygen atoms in total. The van der Waals surface area contributed by atoms with Gasteiger partial charge in [0, 0.05) is 29.6 Å². The van der Waals surface area contributed by atoms with Gasteiger partial charge in [-0.15, -0.1) is 24.8 Å². The maximum atomic E-state index is 12.6. The Morgan fingerprint density at radius 3 is 2.67 bits per heavy atom. The van der Waals surface area contributed by atoms with Crippen molar-refractivity contribution in [3.63, 3.8) is 0 Å². The van der Waals surface area contributed by atoms with E-state index >= 15 is 0 Å². The molecule has 1 aromatic heterocycles. The fourth-order valence-corrected chi connectivity index (χ4v) is 2.64. The van der Waals surface area contributed by atoms with E-state index in [0.717, 1.165) is 34.1 Å². The van der Waals surface area contributed by atoms with E-state index in [4.69, 9.17) is 10.7 Å². The van der Waals surface area contributed by atoms with Gasteiger partial charge in [0.05, 0.1) is 11.1 Å². The van der Waals surface area contributed by atoms with Crippen LogP contribution < -0.4 is 11.1 Å².